The van der Waals surface area contributed by atoms with Crippen LogP contribution >= 0.6 is 7.82 Å². The van der Waals surface area contributed by atoms with E-state index in [4.69, 9.17) is 9.05 Å². The highest BCUT2D eigenvalue weighted by Gasteiger charge is 2.23. The van der Waals surface area contributed by atoms with Gasteiger partial charge >= 0.3 is 0 Å². The quantitative estimate of drug-likeness (QED) is 0.0273. The number of amides is 1. The lowest BCUT2D eigenvalue weighted by atomic mass is 10.0. The van der Waals surface area contributed by atoms with E-state index in [1.54, 1.807) is 6.08 Å². The molecule has 3 unspecified atom stereocenters. The molecule has 0 aromatic heterocycles. The second kappa shape index (κ2) is 43.0. The largest absolute Gasteiger partial charge is 0.756 e. The molecular formula is C52H93N2O6P. The van der Waals surface area contributed by atoms with Crippen molar-refractivity contribution in [2.75, 3.05) is 40.9 Å². The molecule has 0 aliphatic heterocycles. The fourth-order valence-corrected chi connectivity index (χ4v) is 7.19. The SMILES string of the molecule is CC/C=C\C/C=C\C/C=C\C/C=C\CCCCCCCCCCCCC(=O)NC(COP(=O)([O-])OCC[N+](C)(C)C)C(O)/C=C/CC/C=C/CC/C=C/CCCCCCCC. The van der Waals surface area contributed by atoms with Crippen molar-refractivity contribution in [2.45, 2.75) is 199 Å². The van der Waals surface area contributed by atoms with Gasteiger partial charge in [-0.3, -0.25) is 9.36 Å². The summed E-state index contributed by atoms with van der Waals surface area (Å²) >= 11 is 0. The van der Waals surface area contributed by atoms with E-state index in [0.717, 1.165) is 77.0 Å². The van der Waals surface area contributed by atoms with E-state index in [1.165, 1.54) is 89.9 Å². The van der Waals surface area contributed by atoms with Crippen LogP contribution in [-0.2, 0) is 18.4 Å². The van der Waals surface area contributed by atoms with Gasteiger partial charge < -0.3 is 28.8 Å². The maximum atomic E-state index is 12.9. The third-order valence-electron chi connectivity index (χ3n) is 10.3. The molecule has 3 atom stereocenters. The van der Waals surface area contributed by atoms with Crippen LogP contribution in [0.3, 0.4) is 0 Å². The first-order chi connectivity index (χ1) is 29.5. The monoisotopic (exact) mass is 873 g/mol. The van der Waals surface area contributed by atoms with Gasteiger partial charge in [-0.1, -0.05) is 182 Å². The van der Waals surface area contributed by atoms with Crippen LogP contribution in [0, 0.1) is 0 Å². The fraction of sp³-hybridized carbons (Fsp3) is 0.712. The number of carbonyl (C=O) groups is 1. The summed E-state index contributed by atoms with van der Waals surface area (Å²) in [4.78, 5) is 25.4. The standard InChI is InChI=1S/C52H93N2O6P/c1-6-8-10-12-14-16-18-20-22-24-25-26-27-28-29-30-32-34-36-38-40-42-44-46-52(56)53-50(49-60-61(57,58)59-48-47-54(3,4)5)51(55)45-43-41-39-37-35-33-31-23-21-19-17-15-13-11-9-7-2/h8,10,14,16,20-23,25-26,35,37,43,45,50-51,55H,6-7,9,11-13,15,17-19,24,27-34,36,38-42,44,46-49H2,1-5H3,(H-,53,56,57,58)/b10-8-,16-14-,22-20-,23-21+,26-25-,37-35+,45-43+. The fourth-order valence-electron chi connectivity index (χ4n) is 6.47. The third-order valence-corrected chi connectivity index (χ3v) is 11.3. The zero-order valence-electron chi connectivity index (χ0n) is 39.8. The molecule has 0 saturated heterocycles. The number of quaternary nitrogens is 1. The topological polar surface area (TPSA) is 108 Å². The molecule has 2 N–H and O–H groups in total. The number of hydrogen-bond acceptors (Lipinski definition) is 6. The summed E-state index contributed by atoms with van der Waals surface area (Å²) in [6.07, 6.45) is 59.2. The number of unbranched alkanes of at least 4 members (excludes halogenated alkanes) is 18. The molecule has 0 aromatic carbocycles. The molecule has 0 radical (unpaired) electrons. The van der Waals surface area contributed by atoms with Crippen LogP contribution in [0.5, 0.6) is 0 Å². The van der Waals surface area contributed by atoms with Gasteiger partial charge in [-0.05, 0) is 83.5 Å². The summed E-state index contributed by atoms with van der Waals surface area (Å²) in [6, 6.07) is -0.916. The van der Waals surface area contributed by atoms with Gasteiger partial charge in [0.2, 0.25) is 5.91 Å². The molecule has 0 aromatic rings. The molecule has 1 amide bonds. The third kappa shape index (κ3) is 45.5. The highest BCUT2D eigenvalue weighted by molar-refractivity contribution is 7.45. The van der Waals surface area contributed by atoms with Crippen molar-refractivity contribution in [3.05, 3.63) is 85.1 Å². The molecule has 0 heterocycles. The van der Waals surface area contributed by atoms with E-state index in [2.05, 4.69) is 92.1 Å². The summed E-state index contributed by atoms with van der Waals surface area (Å²) in [5.74, 6) is -0.220. The minimum Gasteiger partial charge on any atom is -0.756 e. The van der Waals surface area contributed by atoms with Gasteiger partial charge in [0.05, 0.1) is 39.9 Å². The van der Waals surface area contributed by atoms with Crippen molar-refractivity contribution in [1.29, 1.82) is 0 Å². The number of allylic oxidation sites excluding steroid dienone is 13. The van der Waals surface area contributed by atoms with Gasteiger partial charge in [0.15, 0.2) is 0 Å². The van der Waals surface area contributed by atoms with Crippen molar-refractivity contribution in [3.63, 3.8) is 0 Å². The average molecular weight is 873 g/mol. The normalized spacial score (nSPS) is 14.9. The number of phosphoric acid groups is 1. The zero-order valence-corrected chi connectivity index (χ0v) is 40.7. The summed E-state index contributed by atoms with van der Waals surface area (Å²) in [5, 5.41) is 13.8. The molecule has 8 nitrogen and oxygen atoms in total. The summed E-state index contributed by atoms with van der Waals surface area (Å²) in [5.41, 5.74) is 0. The Labute approximate surface area is 376 Å². The van der Waals surface area contributed by atoms with Crippen molar-refractivity contribution < 1.29 is 32.9 Å². The Morgan fingerprint density at radius 2 is 1.02 bits per heavy atom. The number of phosphoric ester groups is 1. The van der Waals surface area contributed by atoms with Crippen LogP contribution in [-0.4, -0.2) is 68.5 Å². The van der Waals surface area contributed by atoms with E-state index in [-0.39, 0.29) is 12.5 Å². The summed E-state index contributed by atoms with van der Waals surface area (Å²) < 4.78 is 23.2. The summed E-state index contributed by atoms with van der Waals surface area (Å²) in [7, 11) is 1.22. The number of aliphatic hydroxyl groups is 1. The first kappa shape index (κ1) is 58.7. The van der Waals surface area contributed by atoms with Gasteiger partial charge in [-0.2, -0.15) is 0 Å². The van der Waals surface area contributed by atoms with Gasteiger partial charge in [0, 0.05) is 6.42 Å². The number of rotatable bonds is 43. The van der Waals surface area contributed by atoms with E-state index in [0.29, 0.717) is 17.4 Å². The Morgan fingerprint density at radius 3 is 1.52 bits per heavy atom. The molecule has 0 saturated carbocycles. The van der Waals surface area contributed by atoms with Crippen LogP contribution in [0.15, 0.2) is 85.1 Å². The van der Waals surface area contributed by atoms with Crippen LogP contribution in [0.2, 0.25) is 0 Å². The highest BCUT2D eigenvalue weighted by atomic mass is 31.2. The number of carbonyl (C=O) groups excluding carboxylic acids is 1. The van der Waals surface area contributed by atoms with E-state index >= 15 is 0 Å². The van der Waals surface area contributed by atoms with Crippen molar-refractivity contribution in [3.8, 4) is 0 Å². The Balaban J connectivity index is 4.40. The molecule has 0 rings (SSSR count). The first-order valence-electron chi connectivity index (χ1n) is 24.4. The molecule has 0 fully saturated rings. The predicted octanol–water partition coefficient (Wildman–Crippen LogP) is 13.5. The smallest absolute Gasteiger partial charge is 0.268 e. The molecule has 0 spiro atoms. The Kier molecular flexibility index (Phi) is 41.3. The maximum absolute atomic E-state index is 12.9. The lowest BCUT2D eigenvalue weighted by Gasteiger charge is -2.29. The van der Waals surface area contributed by atoms with E-state index in [1.807, 2.05) is 27.2 Å². The second-order valence-electron chi connectivity index (χ2n) is 17.4. The Bertz CT molecular complexity index is 1260. The van der Waals surface area contributed by atoms with Crippen LogP contribution in [0.1, 0.15) is 187 Å². The minimum atomic E-state index is -4.61. The van der Waals surface area contributed by atoms with Gasteiger partial charge in [0.1, 0.15) is 13.2 Å². The van der Waals surface area contributed by atoms with Gasteiger partial charge in [-0.25, -0.2) is 0 Å². The number of nitrogens with one attached hydrogen (secondary N) is 1. The molecule has 0 aliphatic rings. The Hall–Kier alpha value is -2.32. The zero-order chi connectivity index (χ0) is 45.0. The number of nitrogens with zero attached hydrogens (tertiary/aromatic N) is 1. The molecule has 61 heavy (non-hydrogen) atoms. The van der Waals surface area contributed by atoms with Gasteiger partial charge in [-0.15, -0.1) is 0 Å². The number of likely N-dealkylation sites (N-methyl/N-ethyl adjacent to an activating group) is 1. The van der Waals surface area contributed by atoms with E-state index < -0.39 is 26.6 Å². The number of aliphatic hydroxyl groups excluding tert-OH is 1. The maximum Gasteiger partial charge on any atom is 0.268 e. The second-order valence-corrected chi connectivity index (χ2v) is 18.8. The van der Waals surface area contributed by atoms with Crippen molar-refractivity contribution in [2.24, 2.45) is 0 Å². The van der Waals surface area contributed by atoms with E-state index in [9.17, 15) is 19.4 Å². The molecule has 0 aliphatic carbocycles. The Morgan fingerprint density at radius 1 is 0.590 bits per heavy atom. The van der Waals surface area contributed by atoms with Crippen LogP contribution < -0.4 is 10.2 Å². The summed E-state index contributed by atoms with van der Waals surface area (Å²) in [6.45, 7) is 4.48. The minimum absolute atomic E-state index is 0.0139. The van der Waals surface area contributed by atoms with Crippen molar-refractivity contribution in [1.82, 2.24) is 5.32 Å². The molecule has 9 heteroatoms. The molecule has 352 valence electrons. The average Bonchev–Trinajstić information content (AvgIpc) is 3.21. The van der Waals surface area contributed by atoms with Gasteiger partial charge in [0.25, 0.3) is 7.82 Å². The highest BCUT2D eigenvalue weighted by Crippen LogP contribution is 2.38. The van der Waals surface area contributed by atoms with Crippen LogP contribution in [0.4, 0.5) is 0 Å². The van der Waals surface area contributed by atoms with Crippen LogP contribution in [0.25, 0.3) is 0 Å². The molecular weight excluding hydrogens is 780 g/mol. The first-order valence-corrected chi connectivity index (χ1v) is 25.9. The lowest BCUT2D eigenvalue weighted by Crippen LogP contribution is -2.45. The molecule has 0 bridgehead atoms. The predicted molar refractivity (Wildman–Crippen MR) is 260 cm³/mol. The number of hydrogen-bond donors (Lipinski definition) is 2. The lowest BCUT2D eigenvalue weighted by molar-refractivity contribution is -0.870. The van der Waals surface area contributed by atoms with Crippen molar-refractivity contribution >= 4 is 13.7 Å².